The predicted molar refractivity (Wildman–Crippen MR) is 120 cm³/mol. The van der Waals surface area contributed by atoms with Crippen LogP contribution in [0.5, 0.6) is 0 Å². The van der Waals surface area contributed by atoms with Gasteiger partial charge >= 0.3 is 5.97 Å². The van der Waals surface area contributed by atoms with Crippen LogP contribution in [-0.4, -0.2) is 36.4 Å². The van der Waals surface area contributed by atoms with Crippen LogP contribution in [0, 0.1) is 23.7 Å². The smallest absolute Gasteiger partial charge is 0.331 e. The molecule has 0 radical (unpaired) electrons. The summed E-state index contributed by atoms with van der Waals surface area (Å²) in [6, 6.07) is 0. The van der Waals surface area contributed by atoms with E-state index in [9.17, 15) is 9.59 Å². The average molecular weight is 431 g/mol. The van der Waals surface area contributed by atoms with Gasteiger partial charge < -0.3 is 14.2 Å². The molecule has 2 saturated heterocycles. The molecular formula is C26H38O5. The number of hydrogen-bond donors (Lipinski definition) is 0. The molecule has 0 aromatic carbocycles. The Morgan fingerprint density at radius 1 is 1.23 bits per heavy atom. The first-order valence-electron chi connectivity index (χ1n) is 11.6. The van der Waals surface area contributed by atoms with Crippen LogP contribution in [0.1, 0.15) is 67.2 Å². The Labute approximate surface area is 186 Å². The molecule has 0 bridgehead atoms. The number of carbonyl (C=O) groups excluding carboxylic acids is 2. The van der Waals surface area contributed by atoms with Crippen LogP contribution in [0.3, 0.4) is 0 Å². The van der Waals surface area contributed by atoms with Crippen LogP contribution >= 0.6 is 0 Å². The van der Waals surface area contributed by atoms with Crippen molar-refractivity contribution in [2.24, 2.45) is 23.7 Å². The van der Waals surface area contributed by atoms with Crippen molar-refractivity contribution in [1.82, 2.24) is 0 Å². The molecule has 172 valence electrons. The zero-order valence-electron chi connectivity index (χ0n) is 19.9. The van der Waals surface area contributed by atoms with Crippen molar-refractivity contribution in [3.8, 4) is 0 Å². The van der Waals surface area contributed by atoms with Gasteiger partial charge in [0.15, 0.2) is 12.4 Å². The lowest BCUT2D eigenvalue weighted by molar-refractivity contribution is -0.216. The largest absolute Gasteiger partial charge is 0.451 e. The van der Waals surface area contributed by atoms with Gasteiger partial charge in [0.2, 0.25) is 5.78 Å². The molecule has 0 aromatic heterocycles. The van der Waals surface area contributed by atoms with Gasteiger partial charge in [-0.25, -0.2) is 4.79 Å². The van der Waals surface area contributed by atoms with Crippen molar-refractivity contribution < 1.29 is 23.8 Å². The zero-order valence-corrected chi connectivity index (χ0v) is 19.9. The molecule has 3 aliphatic rings. The molecule has 2 fully saturated rings. The first-order chi connectivity index (χ1) is 14.6. The summed E-state index contributed by atoms with van der Waals surface area (Å²) in [4.78, 5) is 25.7. The van der Waals surface area contributed by atoms with E-state index in [1.54, 1.807) is 6.92 Å². The summed E-state index contributed by atoms with van der Waals surface area (Å²) in [5, 5.41) is 0. The van der Waals surface area contributed by atoms with Crippen LogP contribution in [0.15, 0.2) is 35.5 Å². The fourth-order valence-electron chi connectivity index (χ4n) is 5.39. The minimum absolute atomic E-state index is 0.0179. The van der Waals surface area contributed by atoms with Gasteiger partial charge in [-0.3, -0.25) is 4.79 Å². The molecule has 3 rings (SSSR count). The Balaban J connectivity index is 2.01. The van der Waals surface area contributed by atoms with Gasteiger partial charge in [0.25, 0.3) is 0 Å². The molecule has 7 unspecified atom stereocenters. The molecule has 2 heterocycles. The van der Waals surface area contributed by atoms with Crippen molar-refractivity contribution in [2.45, 2.75) is 91.8 Å². The highest BCUT2D eigenvalue weighted by Crippen LogP contribution is 2.50. The molecular weight excluding hydrogens is 392 g/mol. The summed E-state index contributed by atoms with van der Waals surface area (Å²) in [6.07, 6.45) is 5.24. The minimum atomic E-state index is -0.861. The Bertz CT molecular complexity index is 773. The molecule has 5 nitrogen and oxygen atoms in total. The van der Waals surface area contributed by atoms with Crippen LogP contribution < -0.4 is 0 Å². The first-order valence-corrected chi connectivity index (χ1v) is 11.6. The quantitative estimate of drug-likeness (QED) is 0.352. The van der Waals surface area contributed by atoms with Crippen LogP contribution in [-0.2, 0) is 23.8 Å². The first kappa shape index (κ1) is 23.9. The van der Waals surface area contributed by atoms with Crippen molar-refractivity contribution in [2.75, 3.05) is 0 Å². The Morgan fingerprint density at radius 2 is 1.94 bits per heavy atom. The lowest BCUT2D eigenvalue weighted by atomic mass is 9.67. The van der Waals surface area contributed by atoms with Gasteiger partial charge in [0, 0.05) is 12.0 Å². The van der Waals surface area contributed by atoms with Crippen LogP contribution in [0.25, 0.3) is 0 Å². The summed E-state index contributed by atoms with van der Waals surface area (Å²) in [7, 11) is 0. The fourth-order valence-corrected chi connectivity index (χ4v) is 5.39. The molecule has 1 aliphatic carbocycles. The lowest BCUT2D eigenvalue weighted by Crippen LogP contribution is -2.53. The molecule has 31 heavy (non-hydrogen) atoms. The van der Waals surface area contributed by atoms with Crippen molar-refractivity contribution in [1.29, 1.82) is 0 Å². The number of fused-ring (bicyclic) bond motifs is 3. The fraction of sp³-hybridized carbons (Fsp3) is 0.692. The van der Waals surface area contributed by atoms with E-state index >= 15 is 0 Å². The van der Waals surface area contributed by atoms with Crippen molar-refractivity contribution >= 4 is 11.8 Å². The predicted octanol–water partition coefficient (Wildman–Crippen LogP) is 5.16. The summed E-state index contributed by atoms with van der Waals surface area (Å²) in [5.41, 5.74) is 3.27. The molecule has 0 spiro atoms. The summed E-state index contributed by atoms with van der Waals surface area (Å²) >= 11 is 0. The van der Waals surface area contributed by atoms with Crippen molar-refractivity contribution in [3.05, 3.63) is 35.5 Å². The van der Waals surface area contributed by atoms with Crippen LogP contribution in [0.2, 0.25) is 0 Å². The second-order valence-electron chi connectivity index (χ2n) is 10.0. The standard InChI is InChI=1S/C26H38O5/c1-14(2)13-20(27)30-25-22-21-19(15(3)4)12-11-16(5)9-8-10-17(6)24(21)31-26(22)29-18(7)23(25)28/h9,13,15,18-19,21-22,24-26H,6,8,10-12H2,1-5,7H3. The highest BCUT2D eigenvalue weighted by molar-refractivity contribution is 5.92. The number of Topliss-reactive ketones (excluding diaryl/α,β-unsaturated/α-hetero) is 1. The SMILES string of the molecule is C=C1CCC=C(C)CCC(C(C)C)C2C1OC1OC(C)C(=O)C(OC(=O)C=C(C)C)C12. The van der Waals surface area contributed by atoms with Gasteiger partial charge in [-0.2, -0.15) is 0 Å². The third-order valence-electron chi connectivity index (χ3n) is 6.99. The van der Waals surface area contributed by atoms with E-state index in [0.717, 1.165) is 36.8 Å². The number of ether oxygens (including phenoxy) is 3. The molecule has 0 saturated carbocycles. The number of hydrogen-bond acceptors (Lipinski definition) is 5. The number of ketones is 1. The van der Waals surface area contributed by atoms with Crippen LogP contribution in [0.4, 0.5) is 0 Å². The number of rotatable bonds is 3. The Hall–Kier alpha value is -1.72. The summed E-state index contributed by atoms with van der Waals surface area (Å²) in [6.45, 7) is 16.4. The normalized spacial score (nSPS) is 36.4. The molecule has 5 heteroatoms. The van der Waals surface area contributed by atoms with E-state index < -0.39 is 24.5 Å². The Morgan fingerprint density at radius 3 is 2.58 bits per heavy atom. The maximum atomic E-state index is 13.1. The lowest BCUT2D eigenvalue weighted by Gasteiger charge is -2.40. The maximum Gasteiger partial charge on any atom is 0.331 e. The van der Waals surface area contributed by atoms with Gasteiger partial charge in [0.1, 0.15) is 6.10 Å². The van der Waals surface area contributed by atoms with E-state index in [1.807, 2.05) is 13.8 Å². The summed E-state index contributed by atoms with van der Waals surface area (Å²) < 4.78 is 18.2. The van der Waals surface area contributed by atoms with E-state index in [0.29, 0.717) is 11.8 Å². The van der Waals surface area contributed by atoms with Gasteiger partial charge in [-0.15, -0.1) is 0 Å². The van der Waals surface area contributed by atoms with E-state index in [2.05, 4.69) is 33.4 Å². The zero-order chi connectivity index (χ0) is 22.9. The average Bonchev–Trinajstić information content (AvgIpc) is 3.03. The number of allylic oxidation sites excluding steroid dienone is 3. The highest BCUT2D eigenvalue weighted by Gasteiger charge is 2.59. The van der Waals surface area contributed by atoms with E-state index in [4.69, 9.17) is 14.2 Å². The molecule has 0 aromatic rings. The number of esters is 1. The molecule has 0 N–H and O–H groups in total. The monoisotopic (exact) mass is 430 g/mol. The topological polar surface area (TPSA) is 61.8 Å². The Kier molecular flexibility index (Phi) is 7.59. The van der Waals surface area contributed by atoms with Gasteiger partial charge in [0.05, 0.1) is 12.0 Å². The third kappa shape index (κ3) is 5.20. The van der Waals surface area contributed by atoms with E-state index in [1.165, 1.54) is 11.6 Å². The second kappa shape index (κ2) is 9.83. The highest BCUT2D eigenvalue weighted by atomic mass is 16.7. The second-order valence-corrected chi connectivity index (χ2v) is 10.0. The molecule has 2 aliphatic heterocycles. The van der Waals surface area contributed by atoms with Gasteiger partial charge in [-0.1, -0.05) is 37.6 Å². The molecule has 7 atom stereocenters. The van der Waals surface area contributed by atoms with Gasteiger partial charge in [-0.05, 0) is 70.8 Å². The van der Waals surface area contributed by atoms with E-state index in [-0.39, 0.29) is 23.7 Å². The van der Waals surface area contributed by atoms with Crippen molar-refractivity contribution in [3.63, 3.8) is 0 Å². The third-order valence-corrected chi connectivity index (χ3v) is 6.99. The molecule has 0 amide bonds. The maximum absolute atomic E-state index is 13.1. The number of carbonyl (C=O) groups is 2. The summed E-state index contributed by atoms with van der Waals surface area (Å²) in [5.74, 6) is -0.276. The minimum Gasteiger partial charge on any atom is -0.451 e.